The van der Waals surface area contributed by atoms with Crippen molar-refractivity contribution >= 4 is 5.97 Å². The average molecular weight is 353 g/mol. The van der Waals surface area contributed by atoms with Crippen LogP contribution in [0.25, 0.3) is 0 Å². The van der Waals surface area contributed by atoms with E-state index in [-0.39, 0.29) is 18.6 Å². The molecule has 3 aromatic rings. The Hall–Kier alpha value is -3.26. The van der Waals surface area contributed by atoms with Crippen LogP contribution in [0.15, 0.2) is 60.9 Å². The Bertz CT molecular complexity index is 807. The zero-order valence-corrected chi connectivity index (χ0v) is 14.1. The Morgan fingerprint density at radius 3 is 2.58 bits per heavy atom. The van der Waals surface area contributed by atoms with E-state index in [9.17, 15) is 4.79 Å². The van der Waals surface area contributed by atoms with Crippen LogP contribution in [0, 0.1) is 0 Å². The maximum atomic E-state index is 12.1. The molecule has 0 aliphatic carbocycles. The van der Waals surface area contributed by atoms with Gasteiger partial charge in [0, 0.05) is 0 Å². The molecule has 0 amide bonds. The Labute approximate surface area is 150 Å². The number of ether oxygens (including phenoxy) is 2. The van der Waals surface area contributed by atoms with Gasteiger partial charge in [-0.05, 0) is 35.0 Å². The van der Waals surface area contributed by atoms with Crippen molar-refractivity contribution in [3.05, 3.63) is 72.1 Å². The van der Waals surface area contributed by atoms with Gasteiger partial charge in [0.15, 0.2) is 6.33 Å². The number of carbonyl (C=O) groups is 1. The van der Waals surface area contributed by atoms with Gasteiger partial charge in [-0.3, -0.25) is 0 Å². The number of benzene rings is 2. The third-order valence-corrected chi connectivity index (χ3v) is 3.56. The molecule has 2 aromatic carbocycles. The first kappa shape index (κ1) is 17.6. The number of aromatic nitrogens is 4. The maximum absolute atomic E-state index is 12.1. The van der Waals surface area contributed by atoms with Gasteiger partial charge in [-0.15, -0.1) is 10.2 Å². The van der Waals surface area contributed by atoms with Crippen LogP contribution >= 0.6 is 0 Å². The van der Waals surface area contributed by atoms with Gasteiger partial charge >= 0.3 is 5.97 Å². The minimum Gasteiger partial charge on any atom is -0.492 e. The molecule has 1 aromatic heterocycles. The van der Waals surface area contributed by atoms with Crippen molar-refractivity contribution in [2.45, 2.75) is 19.2 Å². The van der Waals surface area contributed by atoms with Crippen molar-refractivity contribution in [3.63, 3.8) is 0 Å². The van der Waals surface area contributed by atoms with Gasteiger partial charge in [-0.2, -0.15) is 4.80 Å². The zero-order valence-electron chi connectivity index (χ0n) is 14.1. The van der Waals surface area contributed by atoms with Gasteiger partial charge in [-0.25, -0.2) is 4.79 Å². The summed E-state index contributed by atoms with van der Waals surface area (Å²) in [5.74, 6) is 0.237. The van der Waals surface area contributed by atoms with Gasteiger partial charge in [0.25, 0.3) is 0 Å². The molecular weight excluding hydrogens is 334 g/mol. The zero-order chi connectivity index (χ0) is 18.2. The third-order valence-electron chi connectivity index (χ3n) is 3.56. The van der Waals surface area contributed by atoms with Gasteiger partial charge in [0.05, 0.1) is 18.2 Å². The highest BCUT2D eigenvalue weighted by atomic mass is 16.5. The summed E-state index contributed by atoms with van der Waals surface area (Å²) in [7, 11) is 0. The molecule has 0 fully saturated rings. The molecule has 0 unspecified atom stereocenters. The summed E-state index contributed by atoms with van der Waals surface area (Å²) < 4.78 is 10.9. The second-order valence-electron chi connectivity index (χ2n) is 5.65. The average Bonchev–Trinajstić information content (AvgIpc) is 3.18. The first-order chi connectivity index (χ1) is 12.7. The fourth-order valence-corrected chi connectivity index (χ4v) is 2.23. The number of nitrogens with zero attached hydrogens (tertiary/aromatic N) is 4. The summed E-state index contributed by atoms with van der Waals surface area (Å²) in [6.07, 6.45) is 1.35. The summed E-state index contributed by atoms with van der Waals surface area (Å²) in [6.45, 7) is 0.937. The molecule has 0 bridgehead atoms. The largest absolute Gasteiger partial charge is 0.492 e. The van der Waals surface area contributed by atoms with Crippen LogP contribution in [0.5, 0.6) is 5.75 Å². The van der Waals surface area contributed by atoms with Crippen molar-refractivity contribution < 1.29 is 14.3 Å². The Morgan fingerprint density at radius 2 is 1.88 bits per heavy atom. The first-order valence-corrected chi connectivity index (χ1v) is 8.11. The summed E-state index contributed by atoms with van der Waals surface area (Å²) in [5, 5.41) is 11.3. The highest BCUT2D eigenvalue weighted by Gasteiger charge is 2.09. The predicted octanol–water partition coefficient (Wildman–Crippen LogP) is 1.44. The van der Waals surface area contributed by atoms with Crippen molar-refractivity contribution in [1.29, 1.82) is 0 Å². The number of rotatable bonds is 8. The minimum atomic E-state index is -0.380. The highest BCUT2D eigenvalue weighted by Crippen LogP contribution is 2.14. The van der Waals surface area contributed by atoms with Crippen LogP contribution in [0.2, 0.25) is 0 Å². The molecular formula is C18H19N5O3. The van der Waals surface area contributed by atoms with E-state index in [1.165, 1.54) is 11.1 Å². The van der Waals surface area contributed by atoms with E-state index in [0.717, 1.165) is 5.56 Å². The number of hydrogen-bond donors (Lipinski definition) is 1. The van der Waals surface area contributed by atoms with Crippen molar-refractivity contribution in [2.24, 2.45) is 5.73 Å². The summed E-state index contributed by atoms with van der Waals surface area (Å²) in [5.41, 5.74) is 7.36. The Balaban J connectivity index is 1.46. The monoisotopic (exact) mass is 353 g/mol. The Kier molecular flexibility index (Phi) is 5.89. The standard InChI is InChI=1S/C18H19N5O3/c19-16(10-23-21-13-20-22-23)12-25-17-8-6-15(7-9-17)18(24)26-11-14-4-2-1-3-5-14/h1-9,13,16H,10-12,19H2/t16-/m1/s1. The molecule has 1 atom stereocenters. The number of carbonyl (C=O) groups excluding carboxylic acids is 1. The molecule has 0 saturated carbocycles. The second-order valence-corrected chi connectivity index (χ2v) is 5.65. The van der Waals surface area contributed by atoms with E-state index >= 15 is 0 Å². The van der Waals surface area contributed by atoms with E-state index in [1.807, 2.05) is 30.3 Å². The van der Waals surface area contributed by atoms with Crippen LogP contribution in [-0.2, 0) is 17.9 Å². The maximum Gasteiger partial charge on any atom is 0.338 e. The van der Waals surface area contributed by atoms with Gasteiger partial charge < -0.3 is 15.2 Å². The van der Waals surface area contributed by atoms with Crippen molar-refractivity contribution in [1.82, 2.24) is 20.2 Å². The molecule has 8 nitrogen and oxygen atoms in total. The molecule has 0 aliphatic heterocycles. The fourth-order valence-electron chi connectivity index (χ4n) is 2.23. The molecule has 0 radical (unpaired) electrons. The lowest BCUT2D eigenvalue weighted by molar-refractivity contribution is 0.0472. The molecule has 0 spiro atoms. The van der Waals surface area contributed by atoms with E-state index < -0.39 is 0 Å². The Morgan fingerprint density at radius 1 is 1.12 bits per heavy atom. The summed E-state index contributed by atoms with van der Waals surface area (Å²) in [6, 6.07) is 16.0. The minimum absolute atomic E-state index is 0.239. The van der Waals surface area contributed by atoms with E-state index in [0.29, 0.717) is 24.5 Å². The van der Waals surface area contributed by atoms with Crippen molar-refractivity contribution in [2.75, 3.05) is 6.61 Å². The van der Waals surface area contributed by atoms with Crippen LogP contribution in [0.4, 0.5) is 0 Å². The van der Waals surface area contributed by atoms with Gasteiger partial charge in [0.2, 0.25) is 0 Å². The second kappa shape index (κ2) is 8.72. The molecule has 3 rings (SSSR count). The molecule has 134 valence electrons. The lowest BCUT2D eigenvalue weighted by Gasteiger charge is -2.12. The molecule has 0 aliphatic rings. The number of esters is 1. The normalized spacial score (nSPS) is 11.7. The fraction of sp³-hybridized carbons (Fsp3) is 0.222. The predicted molar refractivity (Wildman–Crippen MR) is 93.3 cm³/mol. The molecule has 1 heterocycles. The van der Waals surface area contributed by atoms with Crippen LogP contribution in [0.3, 0.4) is 0 Å². The highest BCUT2D eigenvalue weighted by molar-refractivity contribution is 5.89. The quantitative estimate of drug-likeness (QED) is 0.611. The lowest BCUT2D eigenvalue weighted by Crippen LogP contribution is -2.33. The number of tetrazole rings is 1. The van der Waals surface area contributed by atoms with Crippen LogP contribution < -0.4 is 10.5 Å². The molecule has 8 heteroatoms. The first-order valence-electron chi connectivity index (χ1n) is 8.11. The smallest absolute Gasteiger partial charge is 0.338 e. The molecule has 0 saturated heterocycles. The summed E-state index contributed by atoms with van der Waals surface area (Å²) >= 11 is 0. The molecule has 26 heavy (non-hydrogen) atoms. The molecule has 2 N–H and O–H groups in total. The van der Waals surface area contributed by atoms with E-state index in [1.54, 1.807) is 24.3 Å². The topological polar surface area (TPSA) is 105 Å². The summed E-state index contributed by atoms with van der Waals surface area (Å²) in [4.78, 5) is 13.5. The van der Waals surface area contributed by atoms with Crippen molar-refractivity contribution in [3.8, 4) is 5.75 Å². The third kappa shape index (κ3) is 5.12. The number of nitrogens with two attached hydrogens (primary N) is 1. The SMILES string of the molecule is N[C@@H](COc1ccc(C(=O)OCc2ccccc2)cc1)Cn1ncnn1. The number of hydrogen-bond acceptors (Lipinski definition) is 7. The van der Waals surface area contributed by atoms with Crippen LogP contribution in [0.1, 0.15) is 15.9 Å². The van der Waals surface area contributed by atoms with Gasteiger partial charge in [0.1, 0.15) is 19.0 Å². The van der Waals surface area contributed by atoms with Crippen LogP contribution in [-0.4, -0.2) is 38.8 Å². The van der Waals surface area contributed by atoms with E-state index in [4.69, 9.17) is 15.2 Å². The lowest BCUT2D eigenvalue weighted by atomic mass is 10.2. The van der Waals surface area contributed by atoms with Gasteiger partial charge in [-0.1, -0.05) is 30.3 Å². The van der Waals surface area contributed by atoms with E-state index in [2.05, 4.69) is 15.4 Å².